The van der Waals surface area contributed by atoms with Gasteiger partial charge in [-0.25, -0.2) is 4.79 Å². The number of carbonyl (C=O) groups is 1. The molecule has 0 unspecified atom stereocenters. The van der Waals surface area contributed by atoms with E-state index in [4.69, 9.17) is 4.74 Å². The van der Waals surface area contributed by atoms with Gasteiger partial charge in [-0.05, 0) is 57.0 Å². The van der Waals surface area contributed by atoms with E-state index in [2.05, 4.69) is 4.74 Å². The van der Waals surface area contributed by atoms with Gasteiger partial charge in [-0.3, -0.25) is 0 Å². The van der Waals surface area contributed by atoms with E-state index in [1.165, 1.54) is 13.2 Å². The molecule has 1 rings (SSSR count). The van der Waals surface area contributed by atoms with Crippen molar-refractivity contribution in [3.63, 3.8) is 0 Å². The molecule has 1 aromatic rings. The van der Waals surface area contributed by atoms with E-state index >= 15 is 0 Å². The summed E-state index contributed by atoms with van der Waals surface area (Å²) in [6.45, 7) is 6.36. The molecule has 0 fully saturated rings. The standard InChI is InChI=1S/C20H26O4/c1-15(2)13-18(21)14-16(3)11-12-24-19-8-5-17(6-9-19)7-10-20(22)23-4/h5-11,13,18,21H,12,14H2,1-4H3/b10-7+,16-11+/t18-/m0/s1. The Labute approximate surface area is 144 Å². The highest BCUT2D eigenvalue weighted by atomic mass is 16.5. The summed E-state index contributed by atoms with van der Waals surface area (Å²) < 4.78 is 10.2. The lowest BCUT2D eigenvalue weighted by atomic mass is 10.1. The number of benzene rings is 1. The fourth-order valence-electron chi connectivity index (χ4n) is 2.04. The minimum absolute atomic E-state index is 0.383. The monoisotopic (exact) mass is 330 g/mol. The summed E-state index contributed by atoms with van der Waals surface area (Å²) in [5.41, 5.74) is 3.08. The van der Waals surface area contributed by atoms with E-state index in [0.29, 0.717) is 13.0 Å². The van der Waals surface area contributed by atoms with E-state index < -0.39 is 6.10 Å². The van der Waals surface area contributed by atoms with Crippen LogP contribution in [0.5, 0.6) is 5.75 Å². The Hall–Kier alpha value is -2.33. The highest BCUT2D eigenvalue weighted by Crippen LogP contribution is 2.14. The zero-order valence-corrected chi connectivity index (χ0v) is 14.8. The molecule has 1 aromatic carbocycles. The van der Waals surface area contributed by atoms with Gasteiger partial charge in [0.2, 0.25) is 0 Å². The van der Waals surface area contributed by atoms with Crippen LogP contribution in [0.3, 0.4) is 0 Å². The maximum absolute atomic E-state index is 11.0. The number of rotatable bonds is 8. The molecule has 0 heterocycles. The minimum Gasteiger partial charge on any atom is -0.490 e. The molecular weight excluding hydrogens is 304 g/mol. The van der Waals surface area contributed by atoms with Gasteiger partial charge in [-0.2, -0.15) is 0 Å². The first-order valence-corrected chi connectivity index (χ1v) is 7.88. The Bertz CT molecular complexity index is 605. The van der Waals surface area contributed by atoms with E-state index in [9.17, 15) is 9.90 Å². The summed E-state index contributed by atoms with van der Waals surface area (Å²) in [7, 11) is 1.35. The molecular formula is C20H26O4. The quantitative estimate of drug-likeness (QED) is 0.446. The number of methoxy groups -OCH3 is 1. The highest BCUT2D eigenvalue weighted by molar-refractivity contribution is 5.86. The molecule has 0 saturated heterocycles. The molecule has 0 aliphatic rings. The molecule has 0 amide bonds. The average molecular weight is 330 g/mol. The molecule has 4 nitrogen and oxygen atoms in total. The smallest absolute Gasteiger partial charge is 0.330 e. The van der Waals surface area contributed by atoms with Gasteiger partial charge < -0.3 is 14.6 Å². The maximum atomic E-state index is 11.0. The van der Waals surface area contributed by atoms with Gasteiger partial charge in [0, 0.05) is 6.08 Å². The molecule has 0 bridgehead atoms. The van der Waals surface area contributed by atoms with Crippen LogP contribution in [0, 0.1) is 0 Å². The Morgan fingerprint density at radius 2 is 1.88 bits per heavy atom. The van der Waals surface area contributed by atoms with Crippen LogP contribution in [0.25, 0.3) is 6.08 Å². The molecule has 0 saturated carbocycles. The van der Waals surface area contributed by atoms with Crippen LogP contribution in [0.4, 0.5) is 0 Å². The lowest BCUT2D eigenvalue weighted by Gasteiger charge is -2.08. The number of carbonyl (C=O) groups excluding carboxylic acids is 1. The topological polar surface area (TPSA) is 55.8 Å². The Morgan fingerprint density at radius 3 is 2.46 bits per heavy atom. The van der Waals surface area contributed by atoms with Crippen LogP contribution in [0.1, 0.15) is 32.8 Å². The van der Waals surface area contributed by atoms with Gasteiger partial charge in [-0.1, -0.05) is 29.4 Å². The van der Waals surface area contributed by atoms with Gasteiger partial charge in [0.15, 0.2) is 0 Å². The minimum atomic E-state index is -0.452. The van der Waals surface area contributed by atoms with E-state index in [0.717, 1.165) is 22.5 Å². The van der Waals surface area contributed by atoms with Crippen molar-refractivity contribution in [3.8, 4) is 5.75 Å². The zero-order chi connectivity index (χ0) is 17.9. The van der Waals surface area contributed by atoms with E-state index in [1.54, 1.807) is 6.08 Å². The predicted octanol–water partition coefficient (Wildman–Crippen LogP) is 3.92. The van der Waals surface area contributed by atoms with Crippen molar-refractivity contribution in [1.29, 1.82) is 0 Å². The third-order valence-electron chi connectivity index (χ3n) is 3.23. The molecule has 0 aliphatic carbocycles. The van der Waals surface area contributed by atoms with Crippen molar-refractivity contribution >= 4 is 12.0 Å². The Balaban J connectivity index is 2.47. The molecule has 130 valence electrons. The molecule has 0 spiro atoms. The lowest BCUT2D eigenvalue weighted by Crippen LogP contribution is -2.04. The second kappa shape index (κ2) is 10.4. The van der Waals surface area contributed by atoms with Crippen LogP contribution in [-0.2, 0) is 9.53 Å². The molecule has 4 heteroatoms. The van der Waals surface area contributed by atoms with Crippen molar-refractivity contribution < 1.29 is 19.4 Å². The molecule has 24 heavy (non-hydrogen) atoms. The number of hydrogen-bond donors (Lipinski definition) is 1. The van der Waals surface area contributed by atoms with Crippen molar-refractivity contribution in [2.24, 2.45) is 0 Å². The summed E-state index contributed by atoms with van der Waals surface area (Å²) in [6.07, 6.45) is 7.02. The summed E-state index contributed by atoms with van der Waals surface area (Å²) in [6, 6.07) is 7.42. The van der Waals surface area contributed by atoms with Crippen molar-refractivity contribution in [2.45, 2.75) is 33.3 Å². The highest BCUT2D eigenvalue weighted by Gasteiger charge is 2.01. The molecule has 1 N–H and O–H groups in total. The molecule has 0 aliphatic heterocycles. The summed E-state index contributed by atoms with van der Waals surface area (Å²) in [4.78, 5) is 11.0. The van der Waals surface area contributed by atoms with Gasteiger partial charge in [0.25, 0.3) is 0 Å². The second-order valence-electron chi connectivity index (χ2n) is 5.80. The number of aliphatic hydroxyl groups is 1. The van der Waals surface area contributed by atoms with E-state index in [1.807, 2.05) is 57.2 Å². The van der Waals surface area contributed by atoms with Crippen molar-refractivity contribution in [3.05, 3.63) is 59.2 Å². The first-order valence-electron chi connectivity index (χ1n) is 7.88. The maximum Gasteiger partial charge on any atom is 0.330 e. The summed E-state index contributed by atoms with van der Waals surface area (Å²) in [5, 5.41) is 9.85. The SMILES string of the molecule is COC(=O)/C=C/c1ccc(OC/C=C(\C)C[C@@H](O)C=C(C)C)cc1. The zero-order valence-electron chi connectivity index (χ0n) is 14.8. The van der Waals surface area contributed by atoms with Gasteiger partial charge >= 0.3 is 5.97 Å². The fraction of sp³-hybridized carbons (Fsp3) is 0.350. The lowest BCUT2D eigenvalue weighted by molar-refractivity contribution is -0.134. The van der Waals surface area contributed by atoms with Gasteiger partial charge in [0.1, 0.15) is 12.4 Å². The Kier molecular flexibility index (Phi) is 8.58. The number of aliphatic hydroxyl groups excluding tert-OH is 1. The van der Waals surface area contributed by atoms with Crippen LogP contribution >= 0.6 is 0 Å². The van der Waals surface area contributed by atoms with Gasteiger partial charge in [0.05, 0.1) is 13.2 Å². The fourth-order valence-corrected chi connectivity index (χ4v) is 2.04. The van der Waals surface area contributed by atoms with Crippen molar-refractivity contribution in [1.82, 2.24) is 0 Å². The normalized spacial score (nSPS) is 12.8. The van der Waals surface area contributed by atoms with Crippen molar-refractivity contribution in [2.75, 3.05) is 13.7 Å². The summed E-state index contributed by atoms with van der Waals surface area (Å²) in [5.74, 6) is 0.366. The van der Waals surface area contributed by atoms with Gasteiger partial charge in [-0.15, -0.1) is 0 Å². The number of esters is 1. The Morgan fingerprint density at radius 1 is 1.21 bits per heavy atom. The van der Waals surface area contributed by atoms with Crippen LogP contribution in [0.15, 0.2) is 53.6 Å². The van der Waals surface area contributed by atoms with Crippen LogP contribution in [-0.4, -0.2) is 30.9 Å². The number of hydrogen-bond acceptors (Lipinski definition) is 4. The second-order valence-corrected chi connectivity index (χ2v) is 5.80. The first kappa shape index (κ1) is 19.7. The molecule has 0 radical (unpaired) electrons. The number of allylic oxidation sites excluding steroid dienone is 1. The molecule has 0 aromatic heterocycles. The third-order valence-corrected chi connectivity index (χ3v) is 3.23. The average Bonchev–Trinajstić information content (AvgIpc) is 2.52. The third kappa shape index (κ3) is 8.34. The number of ether oxygens (including phenoxy) is 2. The summed E-state index contributed by atoms with van der Waals surface area (Å²) >= 11 is 0. The first-order chi connectivity index (χ1) is 11.4. The van der Waals surface area contributed by atoms with E-state index in [-0.39, 0.29) is 5.97 Å². The molecule has 1 atom stereocenters. The van der Waals surface area contributed by atoms with Crippen LogP contribution < -0.4 is 4.74 Å². The predicted molar refractivity (Wildman–Crippen MR) is 96.8 cm³/mol. The largest absolute Gasteiger partial charge is 0.490 e. The van der Waals surface area contributed by atoms with Crippen LogP contribution in [0.2, 0.25) is 0 Å².